The zero-order valence-electron chi connectivity index (χ0n) is 12.3. The maximum atomic E-state index is 2.30. The molecule has 1 aromatic heterocycles. The second-order valence-electron chi connectivity index (χ2n) is 5.29. The van der Waals surface area contributed by atoms with Gasteiger partial charge < -0.3 is 9.80 Å². The third-order valence-corrected chi connectivity index (χ3v) is 3.46. The third-order valence-electron chi connectivity index (χ3n) is 3.46. The molecule has 4 nitrogen and oxygen atoms in total. The molecule has 1 unspecified atom stereocenters. The number of aromatic nitrogens is 2. The molecular formula is C15H27N4+. The van der Waals surface area contributed by atoms with Gasteiger partial charge in [0, 0.05) is 6.20 Å². The second kappa shape index (κ2) is 7.34. The number of unbranched alkanes of at least 4 members (excludes halogenated alkanes) is 2. The summed E-state index contributed by atoms with van der Waals surface area (Å²) in [4.78, 5) is 3.68. The minimum Gasteiger partial charge on any atom is -0.471 e. The van der Waals surface area contributed by atoms with Gasteiger partial charge in [0.05, 0.1) is 12.7 Å². The molecule has 1 N–H and O–H groups in total. The number of quaternary nitrogens is 1. The van der Waals surface area contributed by atoms with Gasteiger partial charge in [-0.3, -0.25) is 0 Å². The highest BCUT2D eigenvalue weighted by Gasteiger charge is 2.11. The summed E-state index contributed by atoms with van der Waals surface area (Å²) in [5.41, 5.74) is 0. The van der Waals surface area contributed by atoms with Crippen molar-refractivity contribution >= 4 is 0 Å². The van der Waals surface area contributed by atoms with E-state index in [1.165, 1.54) is 30.6 Å². The maximum Gasteiger partial charge on any atom is 0.248 e. The van der Waals surface area contributed by atoms with Gasteiger partial charge in [0.25, 0.3) is 0 Å². The van der Waals surface area contributed by atoms with E-state index in [2.05, 4.69) is 65.7 Å². The molecule has 0 saturated heterocycles. The second-order valence-corrected chi connectivity index (χ2v) is 5.29. The lowest BCUT2D eigenvalue weighted by Gasteiger charge is -2.26. The van der Waals surface area contributed by atoms with Crippen LogP contribution < -0.4 is 9.47 Å². The van der Waals surface area contributed by atoms with Gasteiger partial charge in [-0.2, -0.15) is 4.57 Å². The van der Waals surface area contributed by atoms with E-state index in [9.17, 15) is 0 Å². The van der Waals surface area contributed by atoms with Crippen molar-refractivity contribution in [3.8, 4) is 0 Å². The van der Waals surface area contributed by atoms with Gasteiger partial charge in [-0.1, -0.05) is 26.7 Å². The third kappa shape index (κ3) is 4.39. The zero-order chi connectivity index (χ0) is 13.5. The summed E-state index contributed by atoms with van der Waals surface area (Å²) in [6.45, 7) is 9.97. The molecule has 2 rings (SSSR count). The van der Waals surface area contributed by atoms with Gasteiger partial charge >= 0.3 is 0 Å². The molecule has 0 aromatic carbocycles. The number of nitrogens with one attached hydrogen (secondary N) is 1. The Morgan fingerprint density at radius 1 is 1.16 bits per heavy atom. The van der Waals surface area contributed by atoms with Gasteiger partial charge in [-0.25, -0.2) is 4.57 Å². The number of imidazole rings is 1. The molecule has 0 amide bonds. The number of nitrogens with zero attached hydrogens (tertiary/aromatic N) is 3. The van der Waals surface area contributed by atoms with Crippen molar-refractivity contribution in [2.75, 3.05) is 6.54 Å². The van der Waals surface area contributed by atoms with E-state index in [0.29, 0.717) is 0 Å². The van der Waals surface area contributed by atoms with Crippen LogP contribution in [0.3, 0.4) is 0 Å². The van der Waals surface area contributed by atoms with Crippen molar-refractivity contribution in [3.05, 3.63) is 37.8 Å². The Morgan fingerprint density at radius 2 is 1.95 bits per heavy atom. The highest BCUT2D eigenvalue weighted by atomic mass is 15.4. The number of rotatable bonds is 8. The fourth-order valence-corrected chi connectivity index (χ4v) is 2.28. The van der Waals surface area contributed by atoms with E-state index in [1.54, 1.807) is 0 Å². The normalized spacial score (nSPS) is 18.4. The van der Waals surface area contributed by atoms with Gasteiger partial charge in [-0.05, 0) is 26.1 Å². The Hall–Kier alpha value is -1.29. The van der Waals surface area contributed by atoms with Crippen LogP contribution in [-0.4, -0.2) is 16.0 Å². The molecular weight excluding hydrogens is 236 g/mol. The van der Waals surface area contributed by atoms with Crippen molar-refractivity contribution in [1.82, 2.24) is 9.47 Å². The van der Waals surface area contributed by atoms with E-state index in [4.69, 9.17) is 0 Å². The first-order valence-corrected chi connectivity index (χ1v) is 7.51. The quantitative estimate of drug-likeness (QED) is 0.549. The molecule has 1 aromatic rings. The number of hydrogen-bond acceptors (Lipinski definition) is 1. The average molecular weight is 263 g/mol. The van der Waals surface area contributed by atoms with Crippen LogP contribution in [0.1, 0.15) is 39.5 Å². The molecule has 19 heavy (non-hydrogen) atoms. The minimum absolute atomic E-state index is 0.970. The number of aryl methyl sites for hydroxylation is 1. The summed E-state index contributed by atoms with van der Waals surface area (Å²) >= 11 is 0. The molecule has 4 heteroatoms. The molecule has 1 atom stereocenters. The lowest BCUT2D eigenvalue weighted by molar-refractivity contribution is -0.987. The molecule has 0 bridgehead atoms. The summed E-state index contributed by atoms with van der Waals surface area (Å²) in [6.07, 6.45) is 16.0. The predicted molar refractivity (Wildman–Crippen MR) is 75.6 cm³/mol. The highest BCUT2D eigenvalue weighted by molar-refractivity contribution is 4.82. The minimum atomic E-state index is 0.970. The molecule has 0 fully saturated rings. The van der Waals surface area contributed by atoms with Crippen LogP contribution in [0.4, 0.5) is 0 Å². The molecule has 0 spiro atoms. The standard InChI is InChI=1S/C15H27N4/c1-3-5-7-16-9-11-18(13-16)15-19-12-10-17(14-19)8-6-4-2/h9-14,18H,3-8,15H2,1-2H3/q+1. The van der Waals surface area contributed by atoms with Gasteiger partial charge in [0.1, 0.15) is 12.4 Å². The molecule has 2 heterocycles. The summed E-state index contributed by atoms with van der Waals surface area (Å²) in [5.74, 6) is 0. The molecule has 1 aliphatic heterocycles. The first-order valence-electron chi connectivity index (χ1n) is 7.51. The van der Waals surface area contributed by atoms with Gasteiger partial charge in [0.15, 0.2) is 0 Å². The van der Waals surface area contributed by atoms with Crippen LogP contribution >= 0.6 is 0 Å². The first-order chi connectivity index (χ1) is 9.31. The smallest absolute Gasteiger partial charge is 0.248 e. The van der Waals surface area contributed by atoms with E-state index >= 15 is 0 Å². The fraction of sp³-hybridized carbons (Fsp3) is 0.600. The van der Waals surface area contributed by atoms with Crippen LogP contribution in [0.2, 0.25) is 0 Å². The van der Waals surface area contributed by atoms with Crippen molar-refractivity contribution in [2.45, 2.75) is 52.7 Å². The van der Waals surface area contributed by atoms with Crippen LogP contribution in [0.25, 0.3) is 0 Å². The largest absolute Gasteiger partial charge is 0.471 e. The summed E-state index contributed by atoms with van der Waals surface area (Å²) in [5, 5.41) is 0. The monoisotopic (exact) mass is 263 g/mol. The Labute approximate surface area is 116 Å². The van der Waals surface area contributed by atoms with E-state index < -0.39 is 0 Å². The van der Waals surface area contributed by atoms with Crippen molar-refractivity contribution in [1.29, 1.82) is 0 Å². The molecule has 1 aliphatic rings. The lowest BCUT2D eigenvalue weighted by Crippen LogP contribution is -3.06. The van der Waals surface area contributed by atoms with Crippen molar-refractivity contribution in [3.63, 3.8) is 0 Å². The Kier molecular flexibility index (Phi) is 5.45. The van der Waals surface area contributed by atoms with Crippen molar-refractivity contribution < 1.29 is 9.47 Å². The molecule has 106 valence electrons. The van der Waals surface area contributed by atoms with Crippen LogP contribution in [-0.2, 0) is 13.2 Å². The first kappa shape index (κ1) is 14.1. The van der Waals surface area contributed by atoms with Crippen LogP contribution in [0, 0.1) is 6.67 Å². The Balaban J connectivity index is 1.76. The highest BCUT2D eigenvalue weighted by Crippen LogP contribution is 1.98. The Bertz CT molecular complexity index is 397. The lowest BCUT2D eigenvalue weighted by atomic mass is 10.3. The average Bonchev–Trinajstić information content (AvgIpc) is 3.04. The zero-order valence-corrected chi connectivity index (χ0v) is 12.3. The molecule has 0 radical (unpaired) electrons. The maximum absolute atomic E-state index is 2.30. The summed E-state index contributed by atoms with van der Waals surface area (Å²) in [7, 11) is 0. The summed E-state index contributed by atoms with van der Waals surface area (Å²) < 4.78 is 4.53. The van der Waals surface area contributed by atoms with Crippen LogP contribution in [0.15, 0.2) is 31.1 Å². The van der Waals surface area contributed by atoms with Crippen molar-refractivity contribution in [2.24, 2.45) is 0 Å². The topological polar surface area (TPSA) is 16.5 Å². The SMILES string of the molecule is CCCCN1C=C[NH+](C[n+]2ccn(CCCC)c2)[CH-]1. The fourth-order valence-electron chi connectivity index (χ4n) is 2.28. The van der Waals surface area contributed by atoms with E-state index in [0.717, 1.165) is 19.8 Å². The van der Waals surface area contributed by atoms with Gasteiger partial charge in [-0.15, -0.1) is 0 Å². The van der Waals surface area contributed by atoms with E-state index in [1.807, 2.05) is 0 Å². The van der Waals surface area contributed by atoms with E-state index in [-0.39, 0.29) is 0 Å². The van der Waals surface area contributed by atoms with Gasteiger partial charge in [0.2, 0.25) is 13.0 Å². The molecule has 0 saturated carbocycles. The molecule has 0 aliphatic carbocycles. The Morgan fingerprint density at radius 3 is 2.74 bits per heavy atom. The number of hydrogen-bond donors (Lipinski definition) is 1. The summed E-state index contributed by atoms with van der Waals surface area (Å²) in [6, 6.07) is 0. The van der Waals surface area contributed by atoms with Crippen LogP contribution in [0.5, 0.6) is 0 Å². The predicted octanol–water partition coefficient (Wildman–Crippen LogP) is 1.12.